The summed E-state index contributed by atoms with van der Waals surface area (Å²) in [6.07, 6.45) is 4.09. The van der Waals surface area contributed by atoms with Crippen molar-refractivity contribution in [3.8, 4) is 5.88 Å². The fourth-order valence-corrected chi connectivity index (χ4v) is 3.04. The highest BCUT2D eigenvalue weighted by molar-refractivity contribution is 5.85. The van der Waals surface area contributed by atoms with Crippen LogP contribution in [0.15, 0.2) is 30.5 Å². The summed E-state index contributed by atoms with van der Waals surface area (Å²) < 4.78 is 6.09. The lowest BCUT2D eigenvalue weighted by molar-refractivity contribution is -0.134. The Labute approximate surface area is 143 Å². The first-order valence-electron chi connectivity index (χ1n) is 8.57. The molecule has 0 N–H and O–H groups in total. The van der Waals surface area contributed by atoms with E-state index in [1.165, 1.54) is 0 Å². The number of piperidine rings is 1. The van der Waals surface area contributed by atoms with Crippen molar-refractivity contribution in [3.05, 3.63) is 30.5 Å². The van der Waals surface area contributed by atoms with Crippen molar-refractivity contribution in [2.75, 3.05) is 13.1 Å². The van der Waals surface area contributed by atoms with Crippen LogP contribution >= 0.6 is 0 Å². The Balaban J connectivity index is 1.60. The Morgan fingerprint density at radius 3 is 2.67 bits per heavy atom. The van der Waals surface area contributed by atoms with Crippen molar-refractivity contribution in [1.82, 2.24) is 15.1 Å². The van der Waals surface area contributed by atoms with Crippen LogP contribution in [0.2, 0.25) is 0 Å². The lowest BCUT2D eigenvalue weighted by Gasteiger charge is -2.33. The van der Waals surface area contributed by atoms with Crippen LogP contribution in [-0.2, 0) is 4.79 Å². The molecule has 0 bridgehead atoms. The van der Waals surface area contributed by atoms with Crippen molar-refractivity contribution in [2.45, 2.75) is 46.1 Å². The van der Waals surface area contributed by atoms with Crippen LogP contribution in [-0.4, -0.2) is 40.2 Å². The van der Waals surface area contributed by atoms with Crippen molar-refractivity contribution in [2.24, 2.45) is 5.41 Å². The van der Waals surface area contributed by atoms with Crippen molar-refractivity contribution in [3.63, 3.8) is 0 Å². The molecule has 0 unspecified atom stereocenters. The SMILES string of the molecule is CC(C)(C)CC(=O)N1CCC(Oc2nncc3ccccc23)CC1. The molecule has 1 aliphatic heterocycles. The van der Waals surface area contributed by atoms with Crippen molar-refractivity contribution in [1.29, 1.82) is 0 Å². The third-order valence-electron chi connectivity index (χ3n) is 4.29. The van der Waals surface area contributed by atoms with Crippen LogP contribution in [0.1, 0.15) is 40.0 Å². The number of hydrogen-bond acceptors (Lipinski definition) is 4. The van der Waals surface area contributed by atoms with Gasteiger partial charge in [-0.25, -0.2) is 0 Å². The minimum absolute atomic E-state index is 0.0307. The maximum absolute atomic E-state index is 12.3. The van der Waals surface area contributed by atoms with Gasteiger partial charge in [0.1, 0.15) is 6.10 Å². The van der Waals surface area contributed by atoms with E-state index in [1.54, 1.807) is 6.20 Å². The number of ether oxygens (including phenoxy) is 1. The van der Waals surface area contributed by atoms with Crippen molar-refractivity contribution >= 4 is 16.7 Å². The van der Waals surface area contributed by atoms with Gasteiger partial charge in [0.15, 0.2) is 0 Å². The monoisotopic (exact) mass is 327 g/mol. The summed E-state index contributed by atoms with van der Waals surface area (Å²) in [6, 6.07) is 7.96. The maximum atomic E-state index is 12.3. The lowest BCUT2D eigenvalue weighted by atomic mass is 9.91. The molecule has 3 rings (SSSR count). The first-order valence-corrected chi connectivity index (χ1v) is 8.57. The maximum Gasteiger partial charge on any atom is 0.241 e. The van der Waals surface area contributed by atoms with E-state index in [0.717, 1.165) is 36.7 Å². The molecule has 1 aromatic heterocycles. The zero-order chi connectivity index (χ0) is 17.2. The third-order valence-corrected chi connectivity index (χ3v) is 4.29. The van der Waals surface area contributed by atoms with Crippen LogP contribution in [0.4, 0.5) is 0 Å². The summed E-state index contributed by atoms with van der Waals surface area (Å²) in [7, 11) is 0. The van der Waals surface area contributed by atoms with E-state index in [1.807, 2.05) is 29.2 Å². The Kier molecular flexibility index (Phi) is 4.69. The van der Waals surface area contributed by atoms with Gasteiger partial charge in [0.25, 0.3) is 0 Å². The van der Waals surface area contributed by atoms with E-state index in [0.29, 0.717) is 12.3 Å². The predicted octanol–water partition coefficient (Wildman–Crippen LogP) is 3.44. The minimum atomic E-state index is 0.0307. The molecular formula is C19H25N3O2. The molecule has 5 heteroatoms. The molecular weight excluding hydrogens is 302 g/mol. The fraction of sp³-hybridized carbons (Fsp3) is 0.526. The average Bonchev–Trinajstić information content (AvgIpc) is 2.54. The highest BCUT2D eigenvalue weighted by Crippen LogP contribution is 2.26. The number of amides is 1. The van der Waals surface area contributed by atoms with Gasteiger partial charge in [-0.15, -0.1) is 5.10 Å². The summed E-state index contributed by atoms with van der Waals surface area (Å²) in [5.74, 6) is 0.832. The van der Waals surface area contributed by atoms with Crippen LogP contribution in [0.3, 0.4) is 0 Å². The average molecular weight is 327 g/mol. The first-order chi connectivity index (χ1) is 11.4. The molecule has 0 atom stereocenters. The number of nitrogens with zero attached hydrogens (tertiary/aromatic N) is 3. The zero-order valence-corrected chi connectivity index (χ0v) is 14.7. The molecule has 0 saturated carbocycles. The Morgan fingerprint density at radius 2 is 1.96 bits per heavy atom. The Bertz CT molecular complexity index is 711. The molecule has 2 heterocycles. The van der Waals surface area contributed by atoms with E-state index in [9.17, 15) is 4.79 Å². The van der Waals surface area contributed by atoms with Gasteiger partial charge < -0.3 is 9.64 Å². The number of hydrogen-bond donors (Lipinski definition) is 0. The third kappa shape index (κ3) is 4.02. The quantitative estimate of drug-likeness (QED) is 0.866. The summed E-state index contributed by atoms with van der Waals surface area (Å²) in [4.78, 5) is 14.3. The molecule has 1 amide bonds. The highest BCUT2D eigenvalue weighted by atomic mass is 16.5. The van der Waals surface area contributed by atoms with Gasteiger partial charge in [0.2, 0.25) is 11.8 Å². The topological polar surface area (TPSA) is 55.3 Å². The minimum Gasteiger partial charge on any atom is -0.473 e. The zero-order valence-electron chi connectivity index (χ0n) is 14.7. The van der Waals surface area contributed by atoms with Crippen molar-refractivity contribution < 1.29 is 9.53 Å². The van der Waals surface area contributed by atoms with Gasteiger partial charge >= 0.3 is 0 Å². The largest absolute Gasteiger partial charge is 0.473 e. The van der Waals surface area contributed by atoms with Crippen LogP contribution < -0.4 is 4.74 Å². The normalized spacial score (nSPS) is 16.4. The number of carbonyl (C=O) groups is 1. The number of fused-ring (bicyclic) bond motifs is 1. The van der Waals surface area contributed by atoms with Crippen LogP contribution in [0.5, 0.6) is 5.88 Å². The van der Waals surface area contributed by atoms with Gasteiger partial charge in [-0.1, -0.05) is 39.0 Å². The Morgan fingerprint density at radius 1 is 1.25 bits per heavy atom. The van der Waals surface area contributed by atoms with Gasteiger partial charge in [-0.05, 0) is 11.5 Å². The fourth-order valence-electron chi connectivity index (χ4n) is 3.04. The van der Waals surface area contributed by atoms with Crippen LogP contribution in [0, 0.1) is 5.41 Å². The van der Waals surface area contributed by atoms with Gasteiger partial charge in [-0.2, -0.15) is 5.10 Å². The van der Waals surface area contributed by atoms with E-state index in [4.69, 9.17) is 4.74 Å². The number of benzene rings is 1. The number of carbonyl (C=O) groups excluding carboxylic acids is 1. The van der Waals surface area contributed by atoms with E-state index < -0.39 is 0 Å². The summed E-state index contributed by atoms with van der Waals surface area (Å²) in [5, 5.41) is 10.2. The summed E-state index contributed by atoms with van der Waals surface area (Å²) >= 11 is 0. The second-order valence-electron chi connectivity index (χ2n) is 7.67. The molecule has 1 fully saturated rings. The number of likely N-dealkylation sites (tertiary alicyclic amines) is 1. The molecule has 2 aromatic rings. The van der Waals surface area contributed by atoms with E-state index in [-0.39, 0.29) is 17.4 Å². The smallest absolute Gasteiger partial charge is 0.241 e. The molecule has 0 aliphatic carbocycles. The number of aromatic nitrogens is 2. The predicted molar refractivity (Wildman–Crippen MR) is 93.8 cm³/mol. The summed E-state index contributed by atoms with van der Waals surface area (Å²) in [5.41, 5.74) is 0.0307. The standard InChI is InChI=1S/C19H25N3O2/c1-19(2,3)12-17(23)22-10-8-15(9-11-22)24-18-16-7-5-4-6-14(16)13-20-21-18/h4-7,13,15H,8-12H2,1-3H3. The first kappa shape index (κ1) is 16.7. The van der Waals surface area contributed by atoms with Gasteiger partial charge in [0.05, 0.1) is 6.20 Å². The molecule has 1 aliphatic rings. The molecule has 1 saturated heterocycles. The second-order valence-corrected chi connectivity index (χ2v) is 7.67. The molecule has 24 heavy (non-hydrogen) atoms. The molecule has 1 aromatic carbocycles. The lowest BCUT2D eigenvalue weighted by Crippen LogP contribution is -2.42. The highest BCUT2D eigenvalue weighted by Gasteiger charge is 2.27. The second kappa shape index (κ2) is 6.75. The Hall–Kier alpha value is -2.17. The molecule has 0 spiro atoms. The summed E-state index contributed by atoms with van der Waals surface area (Å²) in [6.45, 7) is 7.79. The van der Waals surface area contributed by atoms with Gasteiger partial charge in [0, 0.05) is 43.1 Å². The molecule has 5 nitrogen and oxygen atoms in total. The molecule has 128 valence electrons. The number of rotatable bonds is 3. The van der Waals surface area contributed by atoms with Gasteiger partial charge in [-0.3, -0.25) is 4.79 Å². The van der Waals surface area contributed by atoms with Crippen LogP contribution in [0.25, 0.3) is 10.8 Å². The van der Waals surface area contributed by atoms with E-state index >= 15 is 0 Å². The van der Waals surface area contributed by atoms with E-state index in [2.05, 4.69) is 31.0 Å². The molecule has 0 radical (unpaired) electrons.